The van der Waals surface area contributed by atoms with Crippen LogP contribution >= 0.6 is 11.3 Å². The molecule has 23 heavy (non-hydrogen) atoms. The van der Waals surface area contributed by atoms with E-state index in [9.17, 15) is 4.79 Å². The molecule has 0 N–H and O–H groups in total. The first-order valence-corrected chi connectivity index (χ1v) is 8.86. The molecule has 124 valence electrons. The Morgan fingerprint density at radius 2 is 2.17 bits per heavy atom. The Morgan fingerprint density at radius 1 is 1.30 bits per heavy atom. The van der Waals surface area contributed by atoms with Crippen LogP contribution in [-0.2, 0) is 24.8 Å². The normalized spacial score (nSPS) is 16.5. The van der Waals surface area contributed by atoms with Gasteiger partial charge in [0.1, 0.15) is 0 Å². The van der Waals surface area contributed by atoms with Gasteiger partial charge in [-0.25, -0.2) is 9.97 Å². The first kappa shape index (κ1) is 16.1. The third-order valence-electron chi connectivity index (χ3n) is 4.24. The lowest BCUT2D eigenvalue weighted by Crippen LogP contribution is -2.36. The highest BCUT2D eigenvalue weighted by Gasteiger charge is 2.20. The Kier molecular flexibility index (Phi) is 5.07. The van der Waals surface area contributed by atoms with Gasteiger partial charge in [0.05, 0.1) is 29.1 Å². The third-order valence-corrected chi connectivity index (χ3v) is 5.06. The minimum Gasteiger partial charge on any atom is -0.341 e. The minimum absolute atomic E-state index is 0.192. The summed E-state index contributed by atoms with van der Waals surface area (Å²) >= 11 is 1.60. The quantitative estimate of drug-likeness (QED) is 0.850. The van der Waals surface area contributed by atoms with Gasteiger partial charge in [0, 0.05) is 51.3 Å². The minimum atomic E-state index is 0.192. The van der Waals surface area contributed by atoms with Gasteiger partial charge in [-0.05, 0) is 13.3 Å². The van der Waals surface area contributed by atoms with Crippen LogP contribution in [0.25, 0.3) is 0 Å². The predicted molar refractivity (Wildman–Crippen MR) is 90.2 cm³/mol. The molecule has 1 aliphatic rings. The largest absolute Gasteiger partial charge is 0.341 e. The average molecular weight is 333 g/mol. The van der Waals surface area contributed by atoms with Crippen LogP contribution in [0.5, 0.6) is 0 Å². The van der Waals surface area contributed by atoms with Crippen LogP contribution in [0.1, 0.15) is 22.8 Å². The van der Waals surface area contributed by atoms with E-state index >= 15 is 0 Å². The molecule has 3 heterocycles. The molecule has 0 aliphatic carbocycles. The monoisotopic (exact) mass is 333 g/mol. The second-order valence-electron chi connectivity index (χ2n) is 6.04. The molecule has 0 spiro atoms. The summed E-state index contributed by atoms with van der Waals surface area (Å²) in [4.78, 5) is 25.4. The molecule has 1 fully saturated rings. The van der Waals surface area contributed by atoms with Crippen molar-refractivity contribution in [1.82, 2.24) is 24.3 Å². The SMILES string of the molecule is Cc1nc(CC(=O)N2CCCN(Cc3cncn3C)CC2)cs1. The summed E-state index contributed by atoms with van der Waals surface area (Å²) in [6.07, 6.45) is 5.18. The van der Waals surface area contributed by atoms with Crippen LogP contribution < -0.4 is 0 Å². The molecule has 7 heteroatoms. The topological polar surface area (TPSA) is 54.3 Å². The molecule has 1 aliphatic heterocycles. The fourth-order valence-electron chi connectivity index (χ4n) is 2.90. The number of hydrogen-bond acceptors (Lipinski definition) is 5. The maximum absolute atomic E-state index is 12.5. The zero-order valence-electron chi connectivity index (χ0n) is 13.7. The number of imidazole rings is 1. The fraction of sp³-hybridized carbons (Fsp3) is 0.562. The summed E-state index contributed by atoms with van der Waals surface area (Å²) in [7, 11) is 2.02. The van der Waals surface area contributed by atoms with Crippen LogP contribution in [0, 0.1) is 6.92 Å². The Balaban J connectivity index is 1.53. The van der Waals surface area contributed by atoms with Gasteiger partial charge in [-0.2, -0.15) is 0 Å². The summed E-state index contributed by atoms with van der Waals surface area (Å²) in [5, 5.41) is 3.01. The summed E-state index contributed by atoms with van der Waals surface area (Å²) in [5.41, 5.74) is 2.11. The van der Waals surface area contributed by atoms with E-state index in [-0.39, 0.29) is 5.91 Å². The Bertz CT molecular complexity index is 665. The molecule has 1 saturated heterocycles. The fourth-order valence-corrected chi connectivity index (χ4v) is 3.51. The van der Waals surface area contributed by atoms with Gasteiger partial charge in [-0.1, -0.05) is 0 Å². The summed E-state index contributed by atoms with van der Waals surface area (Å²) in [6.45, 7) is 6.42. The Morgan fingerprint density at radius 3 is 2.87 bits per heavy atom. The number of hydrogen-bond donors (Lipinski definition) is 0. The molecule has 3 rings (SSSR count). The van der Waals surface area contributed by atoms with Crippen molar-refractivity contribution in [2.75, 3.05) is 26.2 Å². The third kappa shape index (κ3) is 4.17. The van der Waals surface area contributed by atoms with Crippen molar-refractivity contribution in [3.8, 4) is 0 Å². The highest BCUT2D eigenvalue weighted by atomic mass is 32.1. The average Bonchev–Trinajstić information content (AvgIpc) is 3.02. The number of aromatic nitrogens is 3. The van der Waals surface area contributed by atoms with E-state index in [0.29, 0.717) is 6.42 Å². The lowest BCUT2D eigenvalue weighted by Gasteiger charge is -2.22. The predicted octanol–water partition coefficient (Wildman–Crippen LogP) is 1.46. The molecule has 6 nitrogen and oxygen atoms in total. The van der Waals surface area contributed by atoms with Gasteiger partial charge < -0.3 is 9.47 Å². The van der Waals surface area contributed by atoms with Crippen LogP contribution in [0.3, 0.4) is 0 Å². The zero-order chi connectivity index (χ0) is 16.2. The maximum Gasteiger partial charge on any atom is 0.228 e. The highest BCUT2D eigenvalue weighted by Crippen LogP contribution is 2.12. The summed E-state index contributed by atoms with van der Waals surface area (Å²) in [5.74, 6) is 0.192. The van der Waals surface area contributed by atoms with E-state index in [4.69, 9.17) is 0 Å². The molecular weight excluding hydrogens is 310 g/mol. The molecule has 0 unspecified atom stereocenters. The first-order chi connectivity index (χ1) is 11.1. The van der Waals surface area contributed by atoms with Crippen molar-refractivity contribution in [3.63, 3.8) is 0 Å². The van der Waals surface area contributed by atoms with E-state index in [1.807, 2.05) is 36.8 Å². The number of aryl methyl sites for hydroxylation is 2. The van der Waals surface area contributed by atoms with Crippen LogP contribution in [0.2, 0.25) is 0 Å². The van der Waals surface area contributed by atoms with Crippen LogP contribution in [-0.4, -0.2) is 56.4 Å². The van der Waals surface area contributed by atoms with E-state index in [1.165, 1.54) is 5.69 Å². The van der Waals surface area contributed by atoms with Crippen molar-refractivity contribution in [3.05, 3.63) is 34.3 Å². The summed E-state index contributed by atoms with van der Waals surface area (Å²) < 4.78 is 2.05. The van der Waals surface area contributed by atoms with E-state index < -0.39 is 0 Å². The molecule has 0 bridgehead atoms. The van der Waals surface area contributed by atoms with Gasteiger partial charge >= 0.3 is 0 Å². The Hall–Kier alpha value is -1.73. The van der Waals surface area contributed by atoms with E-state index in [0.717, 1.165) is 49.8 Å². The highest BCUT2D eigenvalue weighted by molar-refractivity contribution is 7.09. The summed E-state index contributed by atoms with van der Waals surface area (Å²) in [6, 6.07) is 0. The van der Waals surface area contributed by atoms with Gasteiger partial charge in [0.25, 0.3) is 0 Å². The van der Waals surface area contributed by atoms with Gasteiger partial charge in [0.2, 0.25) is 5.91 Å². The lowest BCUT2D eigenvalue weighted by atomic mass is 10.3. The molecule has 0 radical (unpaired) electrons. The Labute approximate surface area is 140 Å². The van der Waals surface area contributed by atoms with Gasteiger partial charge in [-0.3, -0.25) is 9.69 Å². The second kappa shape index (κ2) is 7.23. The molecule has 0 aromatic carbocycles. The number of nitrogens with zero attached hydrogens (tertiary/aromatic N) is 5. The number of rotatable bonds is 4. The number of thiazole rings is 1. The number of carbonyl (C=O) groups excluding carboxylic acids is 1. The van der Waals surface area contributed by atoms with Crippen molar-refractivity contribution < 1.29 is 4.79 Å². The van der Waals surface area contributed by atoms with Gasteiger partial charge in [-0.15, -0.1) is 11.3 Å². The lowest BCUT2D eigenvalue weighted by molar-refractivity contribution is -0.130. The van der Waals surface area contributed by atoms with E-state index in [2.05, 4.69) is 19.4 Å². The molecule has 1 amide bonds. The van der Waals surface area contributed by atoms with Crippen molar-refractivity contribution >= 4 is 17.2 Å². The van der Waals surface area contributed by atoms with Crippen molar-refractivity contribution in [2.45, 2.75) is 26.3 Å². The molecule has 0 saturated carbocycles. The van der Waals surface area contributed by atoms with Crippen LogP contribution in [0.4, 0.5) is 0 Å². The number of amides is 1. The van der Waals surface area contributed by atoms with E-state index in [1.54, 1.807) is 11.3 Å². The molecule has 0 atom stereocenters. The molecular formula is C16H23N5OS. The van der Waals surface area contributed by atoms with Crippen molar-refractivity contribution in [2.24, 2.45) is 7.05 Å². The molecule has 2 aromatic rings. The number of carbonyl (C=O) groups is 1. The first-order valence-electron chi connectivity index (χ1n) is 7.98. The van der Waals surface area contributed by atoms with Crippen LogP contribution in [0.15, 0.2) is 17.9 Å². The molecule has 2 aromatic heterocycles. The maximum atomic E-state index is 12.5. The standard InChI is InChI=1S/C16H23N5OS/c1-13-18-14(11-23-13)8-16(22)21-5-3-4-20(6-7-21)10-15-9-17-12-19(15)2/h9,11-12H,3-8,10H2,1-2H3. The second-order valence-corrected chi connectivity index (χ2v) is 7.10. The van der Waals surface area contributed by atoms with Gasteiger partial charge in [0.15, 0.2) is 0 Å². The smallest absolute Gasteiger partial charge is 0.228 e. The van der Waals surface area contributed by atoms with Crippen molar-refractivity contribution in [1.29, 1.82) is 0 Å². The zero-order valence-corrected chi connectivity index (χ0v) is 14.6.